The maximum absolute atomic E-state index is 12.0. The highest BCUT2D eigenvalue weighted by Crippen LogP contribution is 2.25. The van der Waals surface area contributed by atoms with Crippen LogP contribution in [0.25, 0.3) is 0 Å². The summed E-state index contributed by atoms with van der Waals surface area (Å²) in [4.78, 5) is 19.1. The minimum atomic E-state index is -3.06. The van der Waals surface area contributed by atoms with E-state index in [-0.39, 0.29) is 30.1 Å². The Balaban J connectivity index is 2.60. The molecule has 6 nitrogen and oxygen atoms in total. The van der Waals surface area contributed by atoms with Crippen LogP contribution in [0.5, 0.6) is 0 Å². The van der Waals surface area contributed by atoms with Crippen LogP contribution in [-0.4, -0.2) is 49.4 Å². The van der Waals surface area contributed by atoms with E-state index >= 15 is 0 Å². The summed E-state index contributed by atoms with van der Waals surface area (Å²) in [6.07, 6.45) is 0. The Bertz CT molecular complexity index is 596. The normalized spacial score (nSPS) is 13.0. The Morgan fingerprint density at radius 3 is 2.52 bits per heavy atom. The fraction of sp³-hybridized carbons (Fsp3) is 0.692. The molecule has 0 aromatic carbocycles. The SMILES string of the molecule is CCS(=O)(=O)CCNC(=O)N(C)C(C)c1nc(C)sc1C. The summed E-state index contributed by atoms with van der Waals surface area (Å²) in [5.41, 5.74) is 0.885. The molecule has 1 unspecified atom stereocenters. The zero-order chi connectivity index (χ0) is 16.2. The molecule has 0 radical (unpaired) electrons. The number of rotatable bonds is 6. The summed E-state index contributed by atoms with van der Waals surface area (Å²) in [5, 5.41) is 3.60. The third-order valence-electron chi connectivity index (χ3n) is 3.37. The largest absolute Gasteiger partial charge is 0.337 e. The molecule has 2 amide bonds. The van der Waals surface area contributed by atoms with Crippen molar-refractivity contribution < 1.29 is 13.2 Å². The van der Waals surface area contributed by atoms with Crippen molar-refractivity contribution in [3.05, 3.63) is 15.6 Å². The second-order valence-corrected chi connectivity index (χ2v) is 8.81. The number of hydrogen-bond donors (Lipinski definition) is 1. The first kappa shape index (κ1) is 17.9. The molecule has 1 rings (SSSR count). The first-order valence-corrected chi connectivity index (χ1v) is 9.46. The van der Waals surface area contributed by atoms with Crippen LogP contribution >= 0.6 is 11.3 Å². The molecule has 0 saturated heterocycles. The number of nitrogens with zero attached hydrogens (tertiary/aromatic N) is 2. The van der Waals surface area contributed by atoms with E-state index in [1.165, 1.54) is 0 Å². The van der Waals surface area contributed by atoms with Gasteiger partial charge in [0.2, 0.25) is 0 Å². The molecule has 0 spiro atoms. The molecule has 1 aromatic heterocycles. The minimum absolute atomic E-state index is 0.0354. The maximum atomic E-state index is 12.0. The van der Waals surface area contributed by atoms with Gasteiger partial charge < -0.3 is 10.2 Å². The molecule has 1 N–H and O–H groups in total. The summed E-state index contributed by atoms with van der Waals surface area (Å²) in [6.45, 7) is 7.54. The molecule has 21 heavy (non-hydrogen) atoms. The summed E-state index contributed by atoms with van der Waals surface area (Å²) in [6, 6.07) is -0.448. The van der Waals surface area contributed by atoms with E-state index in [2.05, 4.69) is 10.3 Å². The Morgan fingerprint density at radius 1 is 1.43 bits per heavy atom. The molecular weight excluding hydrogens is 310 g/mol. The van der Waals surface area contributed by atoms with Gasteiger partial charge in [-0.2, -0.15) is 0 Å². The molecule has 8 heteroatoms. The first-order valence-electron chi connectivity index (χ1n) is 6.83. The average molecular weight is 333 g/mol. The van der Waals surface area contributed by atoms with Gasteiger partial charge in [-0.1, -0.05) is 6.92 Å². The van der Waals surface area contributed by atoms with Crippen molar-refractivity contribution in [2.24, 2.45) is 0 Å². The van der Waals surface area contributed by atoms with Crippen LogP contribution in [0.15, 0.2) is 0 Å². The average Bonchev–Trinajstić information content (AvgIpc) is 2.75. The van der Waals surface area contributed by atoms with E-state index < -0.39 is 9.84 Å². The number of thiazole rings is 1. The number of nitrogens with one attached hydrogen (secondary N) is 1. The molecule has 0 aliphatic rings. The standard InChI is InChI=1S/C13H23N3O3S2/c1-6-21(18,19)8-7-14-13(17)16(5)9(2)12-10(3)20-11(4)15-12/h9H,6-8H2,1-5H3,(H,14,17). The molecule has 120 valence electrons. The summed E-state index contributed by atoms with van der Waals surface area (Å²) in [7, 11) is -1.38. The van der Waals surface area contributed by atoms with Gasteiger partial charge in [-0.05, 0) is 20.8 Å². The Hall–Kier alpha value is -1.15. The predicted molar refractivity (Wildman–Crippen MR) is 85.5 cm³/mol. The van der Waals surface area contributed by atoms with Gasteiger partial charge in [-0.15, -0.1) is 11.3 Å². The van der Waals surface area contributed by atoms with Crippen LogP contribution in [-0.2, 0) is 9.84 Å². The van der Waals surface area contributed by atoms with E-state index in [0.717, 1.165) is 15.6 Å². The maximum Gasteiger partial charge on any atom is 0.317 e. The topological polar surface area (TPSA) is 79.4 Å². The van der Waals surface area contributed by atoms with Crippen LogP contribution in [0.4, 0.5) is 4.79 Å². The van der Waals surface area contributed by atoms with Crippen molar-refractivity contribution in [1.29, 1.82) is 0 Å². The van der Waals surface area contributed by atoms with E-state index in [4.69, 9.17) is 0 Å². The number of aryl methyl sites for hydroxylation is 2. The zero-order valence-electron chi connectivity index (χ0n) is 13.1. The number of sulfone groups is 1. The molecule has 0 saturated carbocycles. The summed E-state index contributed by atoms with van der Waals surface area (Å²) in [5.74, 6) is 0.0543. The van der Waals surface area contributed by atoms with Crippen molar-refractivity contribution in [3.63, 3.8) is 0 Å². The lowest BCUT2D eigenvalue weighted by atomic mass is 10.2. The van der Waals surface area contributed by atoms with Crippen molar-refractivity contribution in [3.8, 4) is 0 Å². The van der Waals surface area contributed by atoms with E-state index in [1.807, 2.05) is 20.8 Å². The van der Waals surface area contributed by atoms with Gasteiger partial charge >= 0.3 is 6.03 Å². The van der Waals surface area contributed by atoms with Crippen LogP contribution < -0.4 is 5.32 Å². The number of carbonyl (C=O) groups excluding carboxylic acids is 1. The van der Waals surface area contributed by atoms with Gasteiger partial charge in [0.15, 0.2) is 9.84 Å². The number of carbonyl (C=O) groups is 1. The Labute approximate surface area is 130 Å². The van der Waals surface area contributed by atoms with Crippen LogP contribution in [0, 0.1) is 13.8 Å². The fourth-order valence-corrected chi connectivity index (χ4v) is 3.48. The molecule has 1 aromatic rings. The lowest BCUT2D eigenvalue weighted by molar-refractivity contribution is 0.194. The number of urea groups is 1. The monoisotopic (exact) mass is 333 g/mol. The lowest BCUT2D eigenvalue weighted by Gasteiger charge is -2.24. The van der Waals surface area contributed by atoms with Crippen molar-refractivity contribution in [2.45, 2.75) is 33.7 Å². The van der Waals surface area contributed by atoms with E-state index in [1.54, 1.807) is 30.2 Å². The highest BCUT2D eigenvalue weighted by Gasteiger charge is 2.21. The number of aromatic nitrogens is 1. The lowest BCUT2D eigenvalue weighted by Crippen LogP contribution is -2.41. The summed E-state index contributed by atoms with van der Waals surface area (Å²) < 4.78 is 22.8. The zero-order valence-corrected chi connectivity index (χ0v) is 14.8. The highest BCUT2D eigenvalue weighted by molar-refractivity contribution is 7.91. The third-order valence-corrected chi connectivity index (χ3v) is 5.97. The van der Waals surface area contributed by atoms with Crippen LogP contribution in [0.2, 0.25) is 0 Å². The Morgan fingerprint density at radius 2 is 2.05 bits per heavy atom. The number of hydrogen-bond acceptors (Lipinski definition) is 5. The van der Waals surface area contributed by atoms with Crippen molar-refractivity contribution in [1.82, 2.24) is 15.2 Å². The van der Waals surface area contributed by atoms with E-state index in [9.17, 15) is 13.2 Å². The van der Waals surface area contributed by atoms with Crippen molar-refractivity contribution in [2.75, 3.05) is 25.1 Å². The molecule has 1 heterocycles. The van der Waals surface area contributed by atoms with Gasteiger partial charge in [-0.3, -0.25) is 0 Å². The van der Waals surface area contributed by atoms with Crippen molar-refractivity contribution >= 4 is 27.2 Å². The van der Waals surface area contributed by atoms with Gasteiger partial charge in [0.1, 0.15) is 0 Å². The molecule has 1 atom stereocenters. The number of amides is 2. The van der Waals surface area contributed by atoms with Gasteiger partial charge in [-0.25, -0.2) is 18.2 Å². The second-order valence-electron chi connectivity index (χ2n) is 4.93. The Kier molecular flexibility index (Phi) is 6.15. The van der Waals surface area contributed by atoms with Gasteiger partial charge in [0, 0.05) is 24.2 Å². The molecule has 0 aliphatic heterocycles. The predicted octanol–water partition coefficient (Wildman–Crippen LogP) is 1.90. The quantitative estimate of drug-likeness (QED) is 0.862. The smallest absolute Gasteiger partial charge is 0.317 e. The second kappa shape index (κ2) is 7.22. The molecule has 0 aliphatic carbocycles. The van der Waals surface area contributed by atoms with E-state index in [0.29, 0.717) is 0 Å². The van der Waals surface area contributed by atoms with Crippen LogP contribution in [0.3, 0.4) is 0 Å². The fourth-order valence-electron chi connectivity index (χ4n) is 1.87. The minimum Gasteiger partial charge on any atom is -0.337 e. The first-order chi connectivity index (χ1) is 9.68. The highest BCUT2D eigenvalue weighted by atomic mass is 32.2. The van der Waals surface area contributed by atoms with Crippen LogP contribution in [0.1, 0.15) is 35.5 Å². The molecule has 0 fully saturated rings. The summed E-state index contributed by atoms with van der Waals surface area (Å²) >= 11 is 1.60. The molecule has 0 bridgehead atoms. The molecular formula is C13H23N3O3S2. The third kappa shape index (κ3) is 4.96. The van der Waals surface area contributed by atoms with Gasteiger partial charge in [0.05, 0.1) is 22.5 Å². The van der Waals surface area contributed by atoms with Gasteiger partial charge in [0.25, 0.3) is 0 Å².